The van der Waals surface area contributed by atoms with E-state index in [0.717, 1.165) is 47.6 Å². The Balaban J connectivity index is 1.47. The van der Waals surface area contributed by atoms with Gasteiger partial charge in [-0.25, -0.2) is 8.42 Å². The molecule has 1 amide bonds. The highest BCUT2D eigenvalue weighted by atomic mass is 32.2. The Hall–Kier alpha value is -2.58. The van der Waals surface area contributed by atoms with Gasteiger partial charge in [0.25, 0.3) is 0 Å². The van der Waals surface area contributed by atoms with Crippen LogP contribution < -0.4 is 14.4 Å². The van der Waals surface area contributed by atoms with Crippen LogP contribution in [0.5, 0.6) is 11.5 Å². The molecule has 1 saturated heterocycles. The number of aryl methyl sites for hydroxylation is 1. The minimum absolute atomic E-state index is 0.0141. The van der Waals surface area contributed by atoms with Crippen molar-refractivity contribution in [1.29, 1.82) is 0 Å². The van der Waals surface area contributed by atoms with E-state index in [2.05, 4.69) is 0 Å². The van der Waals surface area contributed by atoms with E-state index in [4.69, 9.17) is 9.47 Å². The zero-order valence-electron chi connectivity index (χ0n) is 18.7. The maximum Gasteiger partial charge on any atom is 0.243 e. The number of piperidine rings is 1. The number of hydrogen-bond donors (Lipinski definition) is 0. The highest BCUT2D eigenvalue weighted by Gasteiger charge is 2.30. The van der Waals surface area contributed by atoms with Crippen molar-refractivity contribution in [2.45, 2.75) is 43.4 Å². The summed E-state index contributed by atoms with van der Waals surface area (Å²) in [5, 5.41) is 0. The number of fused-ring (bicyclic) bond motifs is 1. The summed E-state index contributed by atoms with van der Waals surface area (Å²) in [4.78, 5) is 15.1. The maximum absolute atomic E-state index is 13.0. The van der Waals surface area contributed by atoms with Crippen LogP contribution in [0.4, 0.5) is 5.69 Å². The molecule has 0 atom stereocenters. The normalized spacial score (nSPS) is 16.6. The van der Waals surface area contributed by atoms with Crippen molar-refractivity contribution in [2.24, 2.45) is 0 Å². The SMILES string of the molecule is COc1ccc(OC)c(CCC(=O)N2CCc3cc(S(=O)(=O)N4CCCCC4)ccc32)c1. The lowest BCUT2D eigenvalue weighted by molar-refractivity contribution is -0.118. The lowest BCUT2D eigenvalue weighted by atomic mass is 10.1. The van der Waals surface area contributed by atoms with Gasteiger partial charge in [0.15, 0.2) is 0 Å². The Morgan fingerprint density at radius 2 is 1.75 bits per heavy atom. The molecule has 32 heavy (non-hydrogen) atoms. The van der Waals surface area contributed by atoms with Crippen molar-refractivity contribution in [3.63, 3.8) is 0 Å². The molecule has 172 valence electrons. The van der Waals surface area contributed by atoms with E-state index in [1.165, 1.54) is 0 Å². The Kier molecular flexibility index (Phi) is 6.71. The minimum atomic E-state index is -3.48. The van der Waals surface area contributed by atoms with Gasteiger partial charge in [-0.2, -0.15) is 4.31 Å². The van der Waals surface area contributed by atoms with E-state index in [1.54, 1.807) is 41.6 Å². The van der Waals surface area contributed by atoms with Crippen LogP contribution in [0.25, 0.3) is 0 Å². The quantitative estimate of drug-likeness (QED) is 0.636. The van der Waals surface area contributed by atoms with Gasteiger partial charge in [0, 0.05) is 31.7 Å². The number of ether oxygens (including phenoxy) is 2. The number of carbonyl (C=O) groups is 1. The van der Waals surface area contributed by atoms with Gasteiger partial charge in [-0.3, -0.25) is 4.79 Å². The lowest BCUT2D eigenvalue weighted by Crippen LogP contribution is -2.35. The fraction of sp³-hybridized carbons (Fsp3) is 0.458. The van der Waals surface area contributed by atoms with E-state index < -0.39 is 10.0 Å². The predicted molar refractivity (Wildman–Crippen MR) is 123 cm³/mol. The molecule has 2 aliphatic heterocycles. The van der Waals surface area contributed by atoms with Gasteiger partial charge in [0.05, 0.1) is 19.1 Å². The first-order valence-electron chi connectivity index (χ1n) is 11.1. The molecule has 0 unspecified atom stereocenters. The largest absolute Gasteiger partial charge is 0.497 e. The molecule has 0 bridgehead atoms. The van der Waals surface area contributed by atoms with Gasteiger partial charge < -0.3 is 14.4 Å². The summed E-state index contributed by atoms with van der Waals surface area (Å²) in [5.74, 6) is 1.47. The van der Waals surface area contributed by atoms with Crippen molar-refractivity contribution < 1.29 is 22.7 Å². The van der Waals surface area contributed by atoms with Crippen LogP contribution in [0, 0.1) is 0 Å². The molecule has 4 rings (SSSR count). The van der Waals surface area contributed by atoms with Crippen molar-refractivity contribution in [3.05, 3.63) is 47.5 Å². The zero-order valence-corrected chi connectivity index (χ0v) is 19.5. The average molecular weight is 459 g/mol. The maximum atomic E-state index is 13.0. The van der Waals surface area contributed by atoms with Crippen LogP contribution in [0.3, 0.4) is 0 Å². The van der Waals surface area contributed by atoms with Gasteiger partial charge in [-0.1, -0.05) is 6.42 Å². The fourth-order valence-corrected chi connectivity index (χ4v) is 6.07. The second-order valence-corrected chi connectivity index (χ2v) is 10.2. The van der Waals surface area contributed by atoms with Gasteiger partial charge in [0.2, 0.25) is 15.9 Å². The van der Waals surface area contributed by atoms with Gasteiger partial charge in [-0.15, -0.1) is 0 Å². The zero-order chi connectivity index (χ0) is 22.7. The summed E-state index contributed by atoms with van der Waals surface area (Å²) in [7, 11) is -0.259. The van der Waals surface area contributed by atoms with Crippen LogP contribution in [-0.2, 0) is 27.7 Å². The number of nitrogens with zero attached hydrogens (tertiary/aromatic N) is 2. The molecule has 0 aliphatic carbocycles. The third-order valence-corrected chi connectivity index (χ3v) is 8.19. The molecular formula is C24H30N2O5S. The molecule has 2 aromatic carbocycles. The number of methoxy groups -OCH3 is 2. The number of carbonyl (C=O) groups excluding carboxylic acids is 1. The van der Waals surface area contributed by atoms with E-state index in [9.17, 15) is 13.2 Å². The van der Waals surface area contributed by atoms with Crippen molar-refractivity contribution in [2.75, 3.05) is 38.8 Å². The third-order valence-electron chi connectivity index (χ3n) is 6.30. The first kappa shape index (κ1) is 22.6. The van der Waals surface area contributed by atoms with E-state index in [-0.39, 0.29) is 5.91 Å². The minimum Gasteiger partial charge on any atom is -0.497 e. The first-order valence-corrected chi connectivity index (χ1v) is 12.5. The molecule has 2 heterocycles. The van der Waals surface area contributed by atoms with Crippen LogP contribution >= 0.6 is 0 Å². The summed E-state index contributed by atoms with van der Waals surface area (Å²) in [6.07, 6.45) is 4.42. The summed E-state index contributed by atoms with van der Waals surface area (Å²) >= 11 is 0. The van der Waals surface area contributed by atoms with Gasteiger partial charge >= 0.3 is 0 Å². The van der Waals surface area contributed by atoms with E-state index in [0.29, 0.717) is 43.8 Å². The Bertz CT molecular complexity index is 1090. The van der Waals surface area contributed by atoms with Crippen LogP contribution in [0.15, 0.2) is 41.3 Å². The second kappa shape index (κ2) is 9.50. The molecule has 0 N–H and O–H groups in total. The standard InChI is InChI=1S/C24H30N2O5S/c1-30-20-7-10-23(31-2)19(16-20)6-11-24(27)26-15-12-18-17-21(8-9-22(18)26)32(28,29)25-13-4-3-5-14-25/h7-10,16-17H,3-6,11-15H2,1-2H3. The topological polar surface area (TPSA) is 76.1 Å². The first-order chi connectivity index (χ1) is 15.4. The Labute approximate surface area is 190 Å². The van der Waals surface area contributed by atoms with Crippen LogP contribution in [-0.4, -0.2) is 52.5 Å². The van der Waals surface area contributed by atoms with Crippen molar-refractivity contribution in [3.8, 4) is 11.5 Å². The van der Waals surface area contributed by atoms with Crippen LogP contribution in [0.1, 0.15) is 36.8 Å². The summed E-state index contributed by atoms with van der Waals surface area (Å²) in [6, 6.07) is 10.7. The molecule has 7 nitrogen and oxygen atoms in total. The highest BCUT2D eigenvalue weighted by Crippen LogP contribution is 2.33. The van der Waals surface area contributed by atoms with E-state index in [1.807, 2.05) is 18.2 Å². The molecule has 0 radical (unpaired) electrons. The Morgan fingerprint density at radius 1 is 0.969 bits per heavy atom. The Morgan fingerprint density at radius 3 is 2.47 bits per heavy atom. The molecule has 2 aromatic rings. The molecule has 8 heteroatoms. The molecule has 0 aromatic heterocycles. The molecule has 0 spiro atoms. The second-order valence-electron chi connectivity index (χ2n) is 8.23. The number of hydrogen-bond acceptors (Lipinski definition) is 5. The van der Waals surface area contributed by atoms with Gasteiger partial charge in [-0.05, 0) is 73.2 Å². The third kappa shape index (κ3) is 4.47. The fourth-order valence-electron chi connectivity index (χ4n) is 4.51. The van der Waals surface area contributed by atoms with Crippen LogP contribution in [0.2, 0.25) is 0 Å². The monoisotopic (exact) mass is 458 g/mol. The smallest absolute Gasteiger partial charge is 0.243 e. The van der Waals surface area contributed by atoms with Crippen molar-refractivity contribution >= 4 is 21.6 Å². The molecular weight excluding hydrogens is 428 g/mol. The number of amides is 1. The molecule has 2 aliphatic rings. The number of benzene rings is 2. The highest BCUT2D eigenvalue weighted by molar-refractivity contribution is 7.89. The molecule has 0 saturated carbocycles. The number of sulfonamides is 1. The molecule has 1 fully saturated rings. The summed E-state index contributed by atoms with van der Waals surface area (Å²) < 4.78 is 38.3. The number of anilines is 1. The van der Waals surface area contributed by atoms with E-state index >= 15 is 0 Å². The summed E-state index contributed by atoms with van der Waals surface area (Å²) in [6.45, 7) is 1.73. The average Bonchev–Trinajstić information content (AvgIpc) is 3.26. The van der Waals surface area contributed by atoms with Gasteiger partial charge in [0.1, 0.15) is 11.5 Å². The van der Waals surface area contributed by atoms with Crippen molar-refractivity contribution in [1.82, 2.24) is 4.31 Å². The number of rotatable bonds is 7. The predicted octanol–water partition coefficient (Wildman–Crippen LogP) is 3.40. The summed E-state index contributed by atoms with van der Waals surface area (Å²) in [5.41, 5.74) is 2.64. The lowest BCUT2D eigenvalue weighted by Gasteiger charge is -2.26.